The second kappa shape index (κ2) is 9.55. The van der Waals surface area contributed by atoms with E-state index < -0.39 is 6.03 Å². The molecule has 0 aliphatic heterocycles. The molecule has 0 unspecified atom stereocenters. The molecule has 30 heavy (non-hydrogen) atoms. The molecule has 0 aliphatic rings. The number of nitrogens with zero attached hydrogens (tertiary/aromatic N) is 4. The summed E-state index contributed by atoms with van der Waals surface area (Å²) in [5.41, 5.74) is 1.73. The summed E-state index contributed by atoms with van der Waals surface area (Å²) in [7, 11) is 0. The van der Waals surface area contributed by atoms with Crippen molar-refractivity contribution in [3.05, 3.63) is 52.0 Å². The van der Waals surface area contributed by atoms with E-state index >= 15 is 0 Å². The van der Waals surface area contributed by atoms with E-state index in [2.05, 4.69) is 31.3 Å². The molecule has 0 saturated carbocycles. The first-order valence-electron chi connectivity index (χ1n) is 9.12. The molecule has 3 N–H and O–H groups in total. The number of rotatable bonds is 6. The van der Waals surface area contributed by atoms with E-state index in [0.29, 0.717) is 45.6 Å². The molecular formula is C19H19Cl2N7O2. The fourth-order valence-electron chi connectivity index (χ4n) is 2.85. The third-order valence-corrected chi connectivity index (χ3v) is 4.71. The number of aromatic nitrogens is 4. The molecule has 0 atom stereocenters. The molecule has 1 aromatic heterocycles. The monoisotopic (exact) mass is 447 g/mol. The average Bonchev–Trinajstić information content (AvgIpc) is 3.23. The number of amides is 3. The fraction of sp³-hybridized carbons (Fsp3) is 0.211. The van der Waals surface area contributed by atoms with Crippen LogP contribution in [0.4, 0.5) is 16.2 Å². The molecule has 11 heteroatoms. The first kappa shape index (κ1) is 21.5. The summed E-state index contributed by atoms with van der Waals surface area (Å²) in [5.74, 6) is 0.111. The molecule has 0 bridgehead atoms. The lowest BCUT2D eigenvalue weighted by molar-refractivity contribution is 0.0773. The van der Waals surface area contributed by atoms with E-state index in [9.17, 15) is 9.59 Å². The van der Waals surface area contributed by atoms with Crippen molar-refractivity contribution < 1.29 is 9.59 Å². The molecule has 0 aliphatic carbocycles. The van der Waals surface area contributed by atoms with Crippen LogP contribution in [-0.2, 0) is 0 Å². The third kappa shape index (κ3) is 5.05. The van der Waals surface area contributed by atoms with Gasteiger partial charge in [-0.2, -0.15) is 5.21 Å². The minimum Gasteiger partial charge on any atom is -0.339 e. The number of H-pyrrole nitrogens is 1. The zero-order valence-electron chi connectivity index (χ0n) is 16.2. The van der Waals surface area contributed by atoms with Crippen molar-refractivity contribution >= 4 is 46.5 Å². The van der Waals surface area contributed by atoms with E-state index in [1.54, 1.807) is 41.3 Å². The number of aromatic amines is 1. The lowest BCUT2D eigenvalue weighted by Gasteiger charge is -2.19. The minimum absolute atomic E-state index is 0.130. The van der Waals surface area contributed by atoms with E-state index in [4.69, 9.17) is 23.2 Å². The van der Waals surface area contributed by atoms with E-state index in [1.165, 1.54) is 0 Å². The topological polar surface area (TPSA) is 116 Å². The number of carbonyl (C=O) groups excluding carboxylic acids is 2. The number of benzene rings is 2. The number of carbonyl (C=O) groups is 2. The number of nitrogens with one attached hydrogen (secondary N) is 3. The van der Waals surface area contributed by atoms with Gasteiger partial charge in [-0.3, -0.25) is 4.79 Å². The van der Waals surface area contributed by atoms with Gasteiger partial charge in [0.2, 0.25) is 5.82 Å². The van der Waals surface area contributed by atoms with Crippen LogP contribution in [0, 0.1) is 0 Å². The smallest absolute Gasteiger partial charge is 0.323 e. The molecule has 0 saturated heterocycles. The van der Waals surface area contributed by atoms with Crippen molar-refractivity contribution in [2.45, 2.75) is 13.8 Å². The quantitative estimate of drug-likeness (QED) is 0.520. The Kier molecular flexibility index (Phi) is 6.86. The summed E-state index contributed by atoms with van der Waals surface area (Å²) >= 11 is 11.9. The number of hydrogen-bond acceptors (Lipinski definition) is 5. The second-order valence-electron chi connectivity index (χ2n) is 6.21. The van der Waals surface area contributed by atoms with Crippen LogP contribution < -0.4 is 10.6 Å². The van der Waals surface area contributed by atoms with E-state index in [0.717, 1.165) is 0 Å². The molecule has 3 rings (SSSR count). The van der Waals surface area contributed by atoms with Gasteiger partial charge in [0.15, 0.2) is 0 Å². The maximum absolute atomic E-state index is 12.7. The predicted molar refractivity (Wildman–Crippen MR) is 116 cm³/mol. The van der Waals surface area contributed by atoms with Crippen LogP contribution in [-0.4, -0.2) is 50.6 Å². The summed E-state index contributed by atoms with van der Waals surface area (Å²) in [6.07, 6.45) is 0. The van der Waals surface area contributed by atoms with Crippen LogP contribution in [0.3, 0.4) is 0 Å². The Morgan fingerprint density at radius 2 is 1.73 bits per heavy atom. The van der Waals surface area contributed by atoms with Gasteiger partial charge in [0.25, 0.3) is 5.91 Å². The SMILES string of the molecule is CCN(CC)C(=O)c1ccc(NC(=O)Nc2cc(Cl)cc(Cl)c2)c(-c2nn[nH]n2)c1. The standard InChI is InChI=1S/C19H19Cl2N7O2/c1-3-28(4-2)18(29)11-5-6-16(15(7-11)17-24-26-27-25-17)23-19(30)22-14-9-12(20)8-13(21)10-14/h5-10H,3-4H2,1-2H3,(H2,22,23,30)(H,24,25,26,27). The van der Waals surface area contributed by atoms with Crippen molar-refractivity contribution in [1.29, 1.82) is 0 Å². The molecule has 0 radical (unpaired) electrons. The van der Waals surface area contributed by atoms with E-state index in [-0.39, 0.29) is 11.7 Å². The molecule has 9 nitrogen and oxygen atoms in total. The van der Waals surface area contributed by atoms with Gasteiger partial charge in [0.1, 0.15) is 0 Å². The van der Waals surface area contributed by atoms with Gasteiger partial charge >= 0.3 is 6.03 Å². The van der Waals surface area contributed by atoms with Crippen LogP contribution in [0.1, 0.15) is 24.2 Å². The lowest BCUT2D eigenvalue weighted by Crippen LogP contribution is -2.30. The number of hydrogen-bond donors (Lipinski definition) is 3. The van der Waals surface area contributed by atoms with Gasteiger partial charge < -0.3 is 15.5 Å². The first-order chi connectivity index (χ1) is 14.4. The summed E-state index contributed by atoms with van der Waals surface area (Å²) < 4.78 is 0. The fourth-order valence-corrected chi connectivity index (χ4v) is 3.38. The molecule has 0 fully saturated rings. The highest BCUT2D eigenvalue weighted by atomic mass is 35.5. The van der Waals surface area contributed by atoms with Crippen molar-refractivity contribution in [3.8, 4) is 11.4 Å². The Hall–Kier alpha value is -3.17. The summed E-state index contributed by atoms with van der Waals surface area (Å²) in [5, 5.41) is 20.0. The normalized spacial score (nSPS) is 10.5. The van der Waals surface area contributed by atoms with Crippen LogP contribution in [0.25, 0.3) is 11.4 Å². The highest BCUT2D eigenvalue weighted by Gasteiger charge is 2.18. The predicted octanol–water partition coefficient (Wildman–Crippen LogP) is 4.30. The van der Waals surface area contributed by atoms with Crippen LogP contribution in [0.15, 0.2) is 36.4 Å². The molecule has 1 heterocycles. The minimum atomic E-state index is -0.527. The first-order valence-corrected chi connectivity index (χ1v) is 9.88. The van der Waals surface area contributed by atoms with Gasteiger partial charge in [-0.1, -0.05) is 23.2 Å². The van der Waals surface area contributed by atoms with Crippen LogP contribution >= 0.6 is 23.2 Å². The number of anilines is 2. The Labute approximate surface area is 182 Å². The van der Waals surface area contributed by atoms with Gasteiger partial charge in [-0.25, -0.2) is 4.79 Å². The van der Waals surface area contributed by atoms with E-state index in [1.807, 2.05) is 13.8 Å². The molecule has 2 aromatic carbocycles. The van der Waals surface area contributed by atoms with Crippen molar-refractivity contribution in [2.24, 2.45) is 0 Å². The lowest BCUT2D eigenvalue weighted by atomic mass is 10.1. The van der Waals surface area contributed by atoms with Gasteiger partial charge in [0, 0.05) is 39.9 Å². The summed E-state index contributed by atoms with van der Waals surface area (Å²) in [6, 6.07) is 9.05. The van der Waals surface area contributed by atoms with Crippen LogP contribution in [0.2, 0.25) is 10.0 Å². The molecule has 156 valence electrons. The van der Waals surface area contributed by atoms with Gasteiger partial charge in [0.05, 0.1) is 5.69 Å². The van der Waals surface area contributed by atoms with Crippen LogP contribution in [0.5, 0.6) is 0 Å². The number of tetrazole rings is 1. The zero-order chi connectivity index (χ0) is 21.7. The Balaban J connectivity index is 1.88. The second-order valence-corrected chi connectivity index (χ2v) is 7.08. The van der Waals surface area contributed by atoms with Crippen molar-refractivity contribution in [3.63, 3.8) is 0 Å². The highest BCUT2D eigenvalue weighted by Crippen LogP contribution is 2.27. The highest BCUT2D eigenvalue weighted by molar-refractivity contribution is 6.35. The molecule has 3 aromatic rings. The number of urea groups is 1. The Morgan fingerprint density at radius 1 is 1.03 bits per heavy atom. The summed E-state index contributed by atoms with van der Waals surface area (Å²) in [6.45, 7) is 4.97. The largest absolute Gasteiger partial charge is 0.339 e. The molecular weight excluding hydrogens is 429 g/mol. The maximum atomic E-state index is 12.7. The Bertz CT molecular complexity index is 1030. The van der Waals surface area contributed by atoms with Gasteiger partial charge in [-0.15, -0.1) is 10.2 Å². The number of halogens is 2. The van der Waals surface area contributed by atoms with Gasteiger partial charge in [-0.05, 0) is 55.5 Å². The Morgan fingerprint density at radius 3 is 2.33 bits per heavy atom. The maximum Gasteiger partial charge on any atom is 0.323 e. The summed E-state index contributed by atoms with van der Waals surface area (Å²) in [4.78, 5) is 26.9. The molecule has 0 spiro atoms. The average molecular weight is 448 g/mol. The van der Waals surface area contributed by atoms with Crippen molar-refractivity contribution in [1.82, 2.24) is 25.5 Å². The third-order valence-electron chi connectivity index (χ3n) is 4.27. The molecule has 3 amide bonds. The zero-order valence-corrected chi connectivity index (χ0v) is 17.8. The van der Waals surface area contributed by atoms with Crippen molar-refractivity contribution in [2.75, 3.05) is 23.7 Å².